The SMILES string of the molecule is C[C@H](CO)NC(=O)c1ccc([N+](=O)[O-])n1C. The molecule has 0 aliphatic rings. The Labute approximate surface area is 91.8 Å². The molecule has 0 spiro atoms. The molecule has 0 saturated heterocycles. The second-order valence-corrected chi connectivity index (χ2v) is 3.45. The van der Waals surface area contributed by atoms with Crippen LogP contribution in [0.25, 0.3) is 0 Å². The van der Waals surface area contributed by atoms with Crippen LogP contribution >= 0.6 is 0 Å². The number of nitrogens with zero attached hydrogens (tertiary/aromatic N) is 2. The summed E-state index contributed by atoms with van der Waals surface area (Å²) in [6.07, 6.45) is 0. The molecule has 0 aliphatic carbocycles. The first kappa shape index (κ1) is 12.2. The van der Waals surface area contributed by atoms with Crippen LogP contribution in [0.1, 0.15) is 17.4 Å². The van der Waals surface area contributed by atoms with Gasteiger partial charge >= 0.3 is 5.82 Å². The van der Waals surface area contributed by atoms with E-state index >= 15 is 0 Å². The van der Waals surface area contributed by atoms with Crippen molar-refractivity contribution in [3.63, 3.8) is 0 Å². The molecule has 7 nitrogen and oxygen atoms in total. The maximum absolute atomic E-state index is 11.6. The number of nitro groups is 1. The molecular weight excluding hydrogens is 214 g/mol. The van der Waals surface area contributed by atoms with Gasteiger partial charge in [-0.2, -0.15) is 0 Å². The number of carbonyl (C=O) groups is 1. The summed E-state index contributed by atoms with van der Waals surface area (Å²) in [5, 5.41) is 21.8. The summed E-state index contributed by atoms with van der Waals surface area (Å²) in [5.41, 5.74) is 0.187. The zero-order chi connectivity index (χ0) is 12.3. The van der Waals surface area contributed by atoms with Crippen molar-refractivity contribution in [2.75, 3.05) is 6.61 Å². The van der Waals surface area contributed by atoms with Crippen molar-refractivity contribution in [2.24, 2.45) is 7.05 Å². The van der Waals surface area contributed by atoms with Gasteiger partial charge in [0.25, 0.3) is 5.91 Å². The van der Waals surface area contributed by atoms with Gasteiger partial charge in [0.2, 0.25) is 0 Å². The first-order valence-electron chi connectivity index (χ1n) is 4.69. The molecule has 1 rings (SSSR count). The Morgan fingerprint density at radius 1 is 1.69 bits per heavy atom. The van der Waals surface area contributed by atoms with E-state index in [1.165, 1.54) is 23.7 Å². The van der Waals surface area contributed by atoms with Crippen LogP contribution in [-0.2, 0) is 7.05 Å². The fraction of sp³-hybridized carbons (Fsp3) is 0.444. The maximum atomic E-state index is 11.6. The number of aliphatic hydroxyl groups excluding tert-OH is 1. The van der Waals surface area contributed by atoms with Crippen molar-refractivity contribution < 1.29 is 14.8 Å². The van der Waals surface area contributed by atoms with Gasteiger partial charge < -0.3 is 20.5 Å². The first-order valence-corrected chi connectivity index (χ1v) is 4.69. The van der Waals surface area contributed by atoms with Crippen LogP contribution < -0.4 is 5.32 Å². The van der Waals surface area contributed by atoms with E-state index in [4.69, 9.17) is 5.11 Å². The molecule has 2 N–H and O–H groups in total. The molecule has 0 aromatic carbocycles. The average molecular weight is 227 g/mol. The van der Waals surface area contributed by atoms with E-state index in [0.717, 1.165) is 0 Å². The average Bonchev–Trinajstić information content (AvgIpc) is 2.59. The smallest absolute Gasteiger partial charge is 0.323 e. The van der Waals surface area contributed by atoms with Gasteiger partial charge in [-0.3, -0.25) is 4.79 Å². The van der Waals surface area contributed by atoms with Gasteiger partial charge in [0.15, 0.2) is 5.69 Å². The lowest BCUT2D eigenvalue weighted by Gasteiger charge is -2.09. The van der Waals surface area contributed by atoms with E-state index in [9.17, 15) is 14.9 Å². The maximum Gasteiger partial charge on any atom is 0.323 e. The van der Waals surface area contributed by atoms with Crippen LogP contribution in [0.2, 0.25) is 0 Å². The van der Waals surface area contributed by atoms with Gasteiger partial charge in [0.05, 0.1) is 13.7 Å². The number of rotatable bonds is 4. The van der Waals surface area contributed by atoms with Crippen molar-refractivity contribution >= 4 is 11.7 Å². The number of hydrogen-bond donors (Lipinski definition) is 2. The van der Waals surface area contributed by atoms with E-state index in [-0.39, 0.29) is 24.2 Å². The molecule has 0 bridgehead atoms. The molecule has 7 heteroatoms. The molecule has 88 valence electrons. The number of carbonyl (C=O) groups excluding carboxylic acids is 1. The lowest BCUT2D eigenvalue weighted by molar-refractivity contribution is -0.391. The summed E-state index contributed by atoms with van der Waals surface area (Å²) in [7, 11) is 1.44. The second-order valence-electron chi connectivity index (χ2n) is 3.45. The Bertz CT molecular complexity index is 413. The molecular formula is C9H13N3O4. The van der Waals surface area contributed by atoms with Crippen LogP contribution in [0, 0.1) is 10.1 Å². The number of hydrogen-bond acceptors (Lipinski definition) is 4. The molecule has 0 radical (unpaired) electrons. The Balaban J connectivity index is 2.89. The standard InChI is InChI=1S/C9H13N3O4/c1-6(5-13)10-9(14)7-3-4-8(11(7)2)12(15)16/h3-4,6,13H,5H2,1-2H3,(H,10,14)/t6-/m1/s1. The van der Waals surface area contributed by atoms with Crippen LogP contribution in [0.15, 0.2) is 12.1 Å². The molecule has 0 fully saturated rings. The second kappa shape index (κ2) is 4.75. The molecule has 0 unspecified atom stereocenters. The predicted molar refractivity (Wildman–Crippen MR) is 56.1 cm³/mol. The summed E-state index contributed by atoms with van der Waals surface area (Å²) in [6.45, 7) is 1.45. The van der Waals surface area contributed by atoms with E-state index in [1.807, 2.05) is 0 Å². The van der Waals surface area contributed by atoms with Crippen molar-refractivity contribution in [1.82, 2.24) is 9.88 Å². The highest BCUT2D eigenvalue weighted by Gasteiger charge is 2.21. The number of amides is 1. The van der Waals surface area contributed by atoms with Gasteiger partial charge in [-0.15, -0.1) is 0 Å². The van der Waals surface area contributed by atoms with Gasteiger partial charge in [0, 0.05) is 12.1 Å². The van der Waals surface area contributed by atoms with Crippen LogP contribution in [0.4, 0.5) is 5.82 Å². The number of aliphatic hydroxyl groups is 1. The topological polar surface area (TPSA) is 97.4 Å². The molecule has 1 amide bonds. The Morgan fingerprint density at radius 2 is 2.31 bits per heavy atom. The van der Waals surface area contributed by atoms with Crippen molar-refractivity contribution in [3.8, 4) is 0 Å². The highest BCUT2D eigenvalue weighted by atomic mass is 16.6. The van der Waals surface area contributed by atoms with E-state index < -0.39 is 10.8 Å². The summed E-state index contributed by atoms with van der Waals surface area (Å²) < 4.78 is 1.19. The number of aromatic nitrogens is 1. The van der Waals surface area contributed by atoms with Crippen molar-refractivity contribution in [3.05, 3.63) is 27.9 Å². The first-order chi connectivity index (χ1) is 7.47. The summed E-state index contributed by atoms with van der Waals surface area (Å²) in [4.78, 5) is 21.6. The monoisotopic (exact) mass is 227 g/mol. The molecule has 1 heterocycles. The van der Waals surface area contributed by atoms with Crippen molar-refractivity contribution in [1.29, 1.82) is 0 Å². The third-order valence-electron chi connectivity index (χ3n) is 2.17. The molecule has 0 aliphatic heterocycles. The van der Waals surface area contributed by atoms with Gasteiger partial charge in [-0.25, -0.2) is 4.57 Å². The minimum atomic E-state index is -0.563. The van der Waals surface area contributed by atoms with Gasteiger partial charge in [0.1, 0.15) is 0 Å². The fourth-order valence-corrected chi connectivity index (χ4v) is 1.26. The highest BCUT2D eigenvalue weighted by Crippen LogP contribution is 2.14. The Kier molecular flexibility index (Phi) is 3.62. The molecule has 1 aromatic heterocycles. The Hall–Kier alpha value is -1.89. The number of nitrogens with one attached hydrogen (secondary N) is 1. The Morgan fingerprint density at radius 3 is 2.75 bits per heavy atom. The van der Waals surface area contributed by atoms with E-state index in [0.29, 0.717) is 0 Å². The van der Waals surface area contributed by atoms with Crippen LogP contribution in [-0.4, -0.2) is 33.2 Å². The largest absolute Gasteiger partial charge is 0.394 e. The fourth-order valence-electron chi connectivity index (χ4n) is 1.26. The lowest BCUT2D eigenvalue weighted by atomic mass is 10.3. The molecule has 1 aromatic rings. The summed E-state index contributed by atoms with van der Waals surface area (Å²) in [6, 6.07) is 2.25. The van der Waals surface area contributed by atoms with Gasteiger partial charge in [-0.05, 0) is 17.9 Å². The third kappa shape index (κ3) is 2.37. The highest BCUT2D eigenvalue weighted by molar-refractivity contribution is 5.93. The zero-order valence-corrected chi connectivity index (χ0v) is 9.01. The van der Waals surface area contributed by atoms with Gasteiger partial charge in [-0.1, -0.05) is 0 Å². The van der Waals surface area contributed by atoms with Crippen LogP contribution in [0.3, 0.4) is 0 Å². The van der Waals surface area contributed by atoms with E-state index in [1.54, 1.807) is 6.92 Å². The third-order valence-corrected chi connectivity index (χ3v) is 2.17. The minimum absolute atomic E-state index is 0.151. The quantitative estimate of drug-likeness (QED) is 0.560. The van der Waals surface area contributed by atoms with Crippen LogP contribution in [0.5, 0.6) is 0 Å². The molecule has 0 saturated carbocycles. The van der Waals surface area contributed by atoms with Crippen molar-refractivity contribution in [2.45, 2.75) is 13.0 Å². The summed E-state index contributed by atoms with van der Waals surface area (Å²) >= 11 is 0. The van der Waals surface area contributed by atoms with E-state index in [2.05, 4.69) is 5.32 Å². The predicted octanol–water partition coefficient (Wildman–Crippen LogP) is 0.0439. The normalized spacial score (nSPS) is 12.2. The molecule has 1 atom stereocenters. The minimum Gasteiger partial charge on any atom is -0.394 e. The zero-order valence-electron chi connectivity index (χ0n) is 9.01. The molecule has 16 heavy (non-hydrogen) atoms. The lowest BCUT2D eigenvalue weighted by Crippen LogP contribution is -2.35. The summed E-state index contributed by atoms with van der Waals surface area (Å²) in [5.74, 6) is -0.598.